The summed E-state index contributed by atoms with van der Waals surface area (Å²) in [6, 6.07) is 5.43. The zero-order valence-electron chi connectivity index (χ0n) is 16.0. The maximum Gasteiger partial charge on any atom is 0.220 e. The van der Waals surface area contributed by atoms with Gasteiger partial charge in [0.05, 0.1) is 20.8 Å². The third kappa shape index (κ3) is 6.09. The molecule has 1 fully saturated rings. The molecule has 0 saturated heterocycles. The Kier molecular flexibility index (Phi) is 8.04. The molecule has 0 aromatic heterocycles. The minimum absolute atomic E-state index is 0.00990. The molecule has 0 unspecified atom stereocenters. The van der Waals surface area contributed by atoms with Gasteiger partial charge in [0.2, 0.25) is 5.91 Å². The van der Waals surface area contributed by atoms with E-state index in [-0.39, 0.29) is 11.3 Å². The molecule has 0 spiro atoms. The predicted octanol–water partition coefficient (Wildman–Crippen LogP) is 2.89. The lowest BCUT2D eigenvalue weighted by Gasteiger charge is -2.35. The summed E-state index contributed by atoms with van der Waals surface area (Å²) >= 11 is 0. The molecule has 1 saturated carbocycles. The van der Waals surface area contributed by atoms with Crippen LogP contribution in [0.25, 0.3) is 0 Å². The van der Waals surface area contributed by atoms with E-state index in [0.29, 0.717) is 43.4 Å². The van der Waals surface area contributed by atoms with Crippen LogP contribution in [-0.4, -0.2) is 39.8 Å². The molecule has 1 aromatic carbocycles. The minimum Gasteiger partial charge on any atom is -0.496 e. The summed E-state index contributed by atoms with van der Waals surface area (Å²) in [4.78, 5) is 12.2. The van der Waals surface area contributed by atoms with Crippen LogP contribution in [0, 0.1) is 5.41 Å². The van der Waals surface area contributed by atoms with E-state index in [1.807, 2.05) is 12.1 Å². The SMILES string of the molecule is COc1cc(OC)cc(OCCCNC(=O)CC2(CN)CCCCC2)c1. The van der Waals surface area contributed by atoms with E-state index >= 15 is 0 Å². The Morgan fingerprint density at radius 1 is 1.08 bits per heavy atom. The molecular weight excluding hydrogens is 332 g/mol. The number of rotatable bonds is 10. The van der Waals surface area contributed by atoms with Crippen LogP contribution in [0.15, 0.2) is 18.2 Å². The largest absolute Gasteiger partial charge is 0.496 e. The van der Waals surface area contributed by atoms with Gasteiger partial charge < -0.3 is 25.3 Å². The number of amides is 1. The average Bonchev–Trinajstić information content (AvgIpc) is 2.68. The molecule has 2 rings (SSSR count). The first-order valence-electron chi connectivity index (χ1n) is 9.43. The number of benzene rings is 1. The standard InChI is InChI=1S/C20H32N2O4/c1-24-16-11-17(25-2)13-18(12-16)26-10-6-9-22-19(23)14-20(15-21)7-4-3-5-8-20/h11-13H,3-10,14-15,21H2,1-2H3,(H,22,23). The smallest absolute Gasteiger partial charge is 0.220 e. The van der Waals surface area contributed by atoms with E-state index in [4.69, 9.17) is 19.9 Å². The normalized spacial score (nSPS) is 16.0. The summed E-state index contributed by atoms with van der Waals surface area (Å²) in [7, 11) is 3.21. The molecule has 1 aromatic rings. The van der Waals surface area contributed by atoms with Crippen LogP contribution in [0.2, 0.25) is 0 Å². The van der Waals surface area contributed by atoms with E-state index in [9.17, 15) is 4.79 Å². The quantitative estimate of drug-likeness (QED) is 0.624. The van der Waals surface area contributed by atoms with E-state index in [2.05, 4.69) is 5.32 Å². The van der Waals surface area contributed by atoms with Crippen molar-refractivity contribution in [3.63, 3.8) is 0 Å². The van der Waals surface area contributed by atoms with Gasteiger partial charge in [-0.15, -0.1) is 0 Å². The van der Waals surface area contributed by atoms with Gasteiger partial charge in [-0.1, -0.05) is 19.3 Å². The molecule has 0 bridgehead atoms. The van der Waals surface area contributed by atoms with Crippen LogP contribution in [0.3, 0.4) is 0 Å². The Bertz CT molecular complexity index is 549. The predicted molar refractivity (Wildman–Crippen MR) is 102 cm³/mol. The molecule has 1 amide bonds. The van der Waals surface area contributed by atoms with Gasteiger partial charge in [0.1, 0.15) is 17.2 Å². The fourth-order valence-corrected chi connectivity index (χ4v) is 3.51. The third-order valence-electron chi connectivity index (χ3n) is 5.12. The Hall–Kier alpha value is -1.95. The van der Waals surface area contributed by atoms with Crippen molar-refractivity contribution in [2.45, 2.75) is 44.9 Å². The first kappa shape index (κ1) is 20.4. The summed E-state index contributed by atoms with van der Waals surface area (Å²) in [5.74, 6) is 2.16. The fraction of sp³-hybridized carbons (Fsp3) is 0.650. The lowest BCUT2D eigenvalue weighted by molar-refractivity contribution is -0.123. The number of methoxy groups -OCH3 is 2. The summed E-state index contributed by atoms with van der Waals surface area (Å²) in [5, 5.41) is 3.00. The molecule has 0 atom stereocenters. The van der Waals surface area contributed by atoms with Crippen LogP contribution in [-0.2, 0) is 4.79 Å². The van der Waals surface area contributed by atoms with Gasteiger partial charge >= 0.3 is 0 Å². The molecule has 6 nitrogen and oxygen atoms in total. The lowest BCUT2D eigenvalue weighted by atomic mass is 9.71. The lowest BCUT2D eigenvalue weighted by Crippen LogP contribution is -2.39. The highest BCUT2D eigenvalue weighted by Crippen LogP contribution is 2.38. The highest BCUT2D eigenvalue weighted by molar-refractivity contribution is 5.76. The third-order valence-corrected chi connectivity index (χ3v) is 5.12. The van der Waals surface area contributed by atoms with Crippen LogP contribution >= 0.6 is 0 Å². The zero-order chi connectivity index (χ0) is 18.8. The molecule has 1 aliphatic rings. The van der Waals surface area contributed by atoms with Crippen molar-refractivity contribution in [2.24, 2.45) is 11.1 Å². The molecular formula is C20H32N2O4. The molecule has 0 aliphatic heterocycles. The number of nitrogens with two attached hydrogens (primary N) is 1. The van der Waals surface area contributed by atoms with Crippen LogP contribution < -0.4 is 25.3 Å². The number of ether oxygens (including phenoxy) is 3. The molecule has 3 N–H and O–H groups in total. The molecule has 146 valence electrons. The maximum atomic E-state index is 12.2. The van der Waals surface area contributed by atoms with Gasteiger partial charge in [-0.3, -0.25) is 4.79 Å². The van der Waals surface area contributed by atoms with E-state index in [1.165, 1.54) is 19.3 Å². The molecule has 26 heavy (non-hydrogen) atoms. The Morgan fingerprint density at radius 2 is 1.69 bits per heavy atom. The van der Waals surface area contributed by atoms with Crippen molar-refractivity contribution in [3.05, 3.63) is 18.2 Å². The topological polar surface area (TPSA) is 82.8 Å². The summed E-state index contributed by atoms with van der Waals surface area (Å²) in [6.45, 7) is 1.71. The molecule has 1 aliphatic carbocycles. The first-order chi connectivity index (χ1) is 12.6. The van der Waals surface area contributed by atoms with Crippen molar-refractivity contribution in [3.8, 4) is 17.2 Å². The number of carbonyl (C=O) groups is 1. The highest BCUT2D eigenvalue weighted by atomic mass is 16.5. The zero-order valence-corrected chi connectivity index (χ0v) is 16.0. The number of hydrogen-bond acceptors (Lipinski definition) is 5. The number of hydrogen-bond donors (Lipinski definition) is 2. The van der Waals surface area contributed by atoms with E-state index in [0.717, 1.165) is 19.3 Å². The monoisotopic (exact) mass is 364 g/mol. The average molecular weight is 364 g/mol. The Balaban J connectivity index is 1.69. The van der Waals surface area contributed by atoms with Crippen molar-refractivity contribution >= 4 is 5.91 Å². The summed E-state index contributed by atoms with van der Waals surface area (Å²) in [6.07, 6.45) is 7.04. The van der Waals surface area contributed by atoms with Crippen molar-refractivity contribution in [2.75, 3.05) is 33.9 Å². The van der Waals surface area contributed by atoms with Gasteiger partial charge in [-0.05, 0) is 31.2 Å². The molecule has 0 heterocycles. The minimum atomic E-state index is 0.00990. The summed E-state index contributed by atoms with van der Waals surface area (Å²) in [5.41, 5.74) is 5.96. The Labute approximate surface area is 156 Å². The second-order valence-electron chi connectivity index (χ2n) is 7.04. The second kappa shape index (κ2) is 10.3. The van der Waals surface area contributed by atoms with Gasteiger partial charge in [-0.25, -0.2) is 0 Å². The molecule has 6 heteroatoms. The van der Waals surface area contributed by atoms with Crippen LogP contribution in [0.4, 0.5) is 0 Å². The number of carbonyl (C=O) groups excluding carboxylic acids is 1. The highest BCUT2D eigenvalue weighted by Gasteiger charge is 2.32. The fourth-order valence-electron chi connectivity index (χ4n) is 3.51. The van der Waals surface area contributed by atoms with Crippen LogP contribution in [0.1, 0.15) is 44.9 Å². The second-order valence-corrected chi connectivity index (χ2v) is 7.04. The summed E-state index contributed by atoms with van der Waals surface area (Å²) < 4.78 is 16.2. The van der Waals surface area contributed by atoms with Gasteiger partial charge in [0, 0.05) is 31.2 Å². The Morgan fingerprint density at radius 3 is 2.27 bits per heavy atom. The van der Waals surface area contributed by atoms with Crippen LogP contribution in [0.5, 0.6) is 17.2 Å². The van der Waals surface area contributed by atoms with Gasteiger partial charge in [0.15, 0.2) is 0 Å². The first-order valence-corrected chi connectivity index (χ1v) is 9.43. The van der Waals surface area contributed by atoms with Crippen molar-refractivity contribution < 1.29 is 19.0 Å². The van der Waals surface area contributed by atoms with Crippen molar-refractivity contribution in [1.29, 1.82) is 0 Å². The van der Waals surface area contributed by atoms with Gasteiger partial charge in [0.25, 0.3) is 0 Å². The van der Waals surface area contributed by atoms with E-state index < -0.39 is 0 Å². The maximum absolute atomic E-state index is 12.2. The van der Waals surface area contributed by atoms with Crippen molar-refractivity contribution in [1.82, 2.24) is 5.32 Å². The number of nitrogens with one attached hydrogen (secondary N) is 1. The molecule has 0 radical (unpaired) electrons. The van der Waals surface area contributed by atoms with Gasteiger partial charge in [-0.2, -0.15) is 0 Å². The van der Waals surface area contributed by atoms with E-state index in [1.54, 1.807) is 20.3 Å².